The molecule has 0 heterocycles. The lowest BCUT2D eigenvalue weighted by molar-refractivity contribution is 0.247. The molecule has 7 aromatic carbocycles. The van der Waals surface area contributed by atoms with Crippen LogP contribution in [-0.4, -0.2) is 23.4 Å². The minimum absolute atomic E-state index is 0.0917. The van der Waals surface area contributed by atoms with E-state index < -0.39 is 0 Å². The molecule has 0 atom stereocenters. The molecule has 3 aliphatic carbocycles. The van der Waals surface area contributed by atoms with Gasteiger partial charge in [-0.1, -0.05) is 144 Å². The van der Waals surface area contributed by atoms with E-state index in [0.717, 1.165) is 12.8 Å². The summed E-state index contributed by atoms with van der Waals surface area (Å²) in [7, 11) is 0. The van der Waals surface area contributed by atoms with Gasteiger partial charge in [0, 0.05) is 24.0 Å². The summed E-state index contributed by atoms with van der Waals surface area (Å²) >= 11 is 0. The Balaban J connectivity index is 1.10. The van der Waals surface area contributed by atoms with Crippen LogP contribution >= 0.6 is 0 Å². The van der Waals surface area contributed by atoms with E-state index in [4.69, 9.17) is 0 Å². The monoisotopic (exact) mass is 730 g/mol. The van der Waals surface area contributed by atoms with E-state index in [0.29, 0.717) is 12.8 Å². The van der Waals surface area contributed by atoms with Crippen LogP contribution in [0.2, 0.25) is 0 Å². The lowest BCUT2D eigenvalue weighted by Crippen LogP contribution is -2.26. The fourth-order valence-electron chi connectivity index (χ4n) is 10.7. The van der Waals surface area contributed by atoms with Crippen molar-refractivity contribution in [2.45, 2.75) is 76.5 Å². The summed E-state index contributed by atoms with van der Waals surface area (Å²) < 4.78 is 0. The number of hydrogen-bond donors (Lipinski definition) is 2. The van der Waals surface area contributed by atoms with Gasteiger partial charge in [-0.05, 0) is 155 Å². The highest BCUT2D eigenvalue weighted by Gasteiger charge is 2.43. The molecule has 278 valence electrons. The summed E-state index contributed by atoms with van der Waals surface area (Å²) in [5.74, 6) is 0. The van der Waals surface area contributed by atoms with Gasteiger partial charge in [0.05, 0.1) is 0 Å². The average Bonchev–Trinajstić information content (AvgIpc) is 3.77. The SMILES string of the molecule is CC(C)(C)c1ccc2c(c1)C(C)(C)c1cc(-c3ccc4c(c3)C(CCCO)(CCCO)c3cc(-c5ccc6c7c(cccc57)-c5ccccc5-6)ccc3-4)ccc1-2. The fourth-order valence-corrected chi connectivity index (χ4v) is 10.7. The van der Waals surface area contributed by atoms with E-state index in [9.17, 15) is 10.2 Å². The van der Waals surface area contributed by atoms with Crippen LogP contribution in [0.5, 0.6) is 0 Å². The van der Waals surface area contributed by atoms with Crippen LogP contribution < -0.4 is 0 Å². The molecule has 10 rings (SSSR count). The summed E-state index contributed by atoms with van der Waals surface area (Å²) in [6.07, 6.45) is 3.02. The molecule has 3 aliphatic rings. The molecule has 2 heteroatoms. The molecular formula is C54H50O2. The molecule has 0 saturated heterocycles. The molecule has 0 saturated carbocycles. The first-order chi connectivity index (χ1) is 27.0. The molecule has 56 heavy (non-hydrogen) atoms. The van der Waals surface area contributed by atoms with Gasteiger partial charge in [0.2, 0.25) is 0 Å². The third kappa shape index (κ3) is 5.02. The van der Waals surface area contributed by atoms with Crippen LogP contribution in [0, 0.1) is 0 Å². The second-order valence-corrected chi connectivity index (χ2v) is 18.1. The normalized spacial score (nSPS) is 15.1. The Morgan fingerprint density at radius 2 is 0.911 bits per heavy atom. The Morgan fingerprint density at radius 1 is 0.446 bits per heavy atom. The van der Waals surface area contributed by atoms with Crippen molar-refractivity contribution in [2.75, 3.05) is 13.2 Å². The van der Waals surface area contributed by atoms with Crippen molar-refractivity contribution < 1.29 is 10.2 Å². The van der Waals surface area contributed by atoms with Crippen LogP contribution in [0.4, 0.5) is 0 Å². The Kier molecular flexibility index (Phi) is 7.92. The van der Waals surface area contributed by atoms with Crippen LogP contribution in [0.25, 0.3) is 77.5 Å². The molecule has 0 unspecified atom stereocenters. The standard InChI is InChI=1S/C54H50O2/c1-52(2,3)36-18-22-41-40-19-15-33(29-47(40)53(4,5)48(41)32-36)34-16-20-42-43-21-17-35(31-50(43)54(25-9-27-55,26-10-28-56)49(42)30-34)37-23-24-46-39-12-7-6-11-38(39)45-14-8-13-44(37)51(45)46/h6-8,11-24,29-32,55-56H,9-10,25-28H2,1-5H3. The van der Waals surface area contributed by atoms with Gasteiger partial charge in [0.15, 0.2) is 0 Å². The number of benzene rings is 7. The van der Waals surface area contributed by atoms with Gasteiger partial charge in [-0.15, -0.1) is 0 Å². The summed E-state index contributed by atoms with van der Waals surface area (Å²) in [6.45, 7) is 11.9. The van der Waals surface area contributed by atoms with E-state index in [2.05, 4.69) is 162 Å². The summed E-state index contributed by atoms with van der Waals surface area (Å²) in [5.41, 5.74) is 21.8. The molecule has 7 aromatic rings. The molecule has 0 spiro atoms. The van der Waals surface area contributed by atoms with Gasteiger partial charge in [0.1, 0.15) is 0 Å². The lowest BCUT2D eigenvalue weighted by atomic mass is 9.70. The first kappa shape index (κ1) is 35.2. The molecule has 0 aromatic heterocycles. The highest BCUT2D eigenvalue weighted by Crippen LogP contribution is 2.57. The molecule has 0 amide bonds. The van der Waals surface area contributed by atoms with Crippen LogP contribution in [-0.2, 0) is 16.2 Å². The maximum Gasteiger partial charge on any atom is 0.0431 e. The van der Waals surface area contributed by atoms with Gasteiger partial charge in [-0.3, -0.25) is 0 Å². The van der Waals surface area contributed by atoms with E-state index in [1.807, 2.05) is 0 Å². The van der Waals surface area contributed by atoms with E-state index >= 15 is 0 Å². The van der Waals surface area contributed by atoms with Gasteiger partial charge < -0.3 is 10.2 Å². The third-order valence-corrected chi connectivity index (χ3v) is 13.6. The van der Waals surface area contributed by atoms with Crippen molar-refractivity contribution in [3.8, 4) is 66.8 Å². The van der Waals surface area contributed by atoms with Gasteiger partial charge in [0.25, 0.3) is 0 Å². The predicted octanol–water partition coefficient (Wildman–Crippen LogP) is 13.2. The number of fused-ring (bicyclic) bond motifs is 9. The Labute approximate surface area is 331 Å². The number of hydrogen-bond acceptors (Lipinski definition) is 2. The third-order valence-electron chi connectivity index (χ3n) is 13.6. The molecular weight excluding hydrogens is 681 g/mol. The number of aliphatic hydroxyl groups excluding tert-OH is 2. The van der Waals surface area contributed by atoms with Crippen LogP contribution in [0.1, 0.15) is 88.1 Å². The lowest BCUT2D eigenvalue weighted by Gasteiger charge is -2.33. The van der Waals surface area contributed by atoms with E-state index in [1.54, 1.807) is 0 Å². The van der Waals surface area contributed by atoms with Crippen molar-refractivity contribution in [1.29, 1.82) is 0 Å². The molecule has 0 fully saturated rings. The zero-order valence-electron chi connectivity index (χ0n) is 33.3. The zero-order valence-corrected chi connectivity index (χ0v) is 33.3. The Hall–Kier alpha value is -5.28. The minimum atomic E-state index is -0.331. The van der Waals surface area contributed by atoms with Crippen LogP contribution in [0.15, 0.2) is 127 Å². The largest absolute Gasteiger partial charge is 0.396 e. The number of aliphatic hydroxyl groups is 2. The highest BCUT2D eigenvalue weighted by atomic mass is 16.3. The summed E-state index contributed by atoms with van der Waals surface area (Å²) in [5, 5.41) is 23.2. The predicted molar refractivity (Wildman–Crippen MR) is 234 cm³/mol. The first-order valence-electron chi connectivity index (χ1n) is 20.5. The smallest absolute Gasteiger partial charge is 0.0431 e. The van der Waals surface area contributed by atoms with Crippen molar-refractivity contribution >= 4 is 10.8 Å². The van der Waals surface area contributed by atoms with Crippen molar-refractivity contribution in [2.24, 2.45) is 0 Å². The second kappa shape index (κ2) is 12.6. The summed E-state index contributed by atoms with van der Waals surface area (Å²) in [6, 6.07) is 48.5. The maximum atomic E-state index is 10.3. The topological polar surface area (TPSA) is 40.5 Å². The molecule has 2 nitrogen and oxygen atoms in total. The van der Waals surface area contributed by atoms with Crippen LogP contribution in [0.3, 0.4) is 0 Å². The second-order valence-electron chi connectivity index (χ2n) is 18.1. The maximum absolute atomic E-state index is 10.3. The van der Waals surface area contributed by atoms with Gasteiger partial charge in [-0.25, -0.2) is 0 Å². The highest BCUT2D eigenvalue weighted by molar-refractivity contribution is 6.18. The zero-order chi connectivity index (χ0) is 38.6. The van der Waals surface area contributed by atoms with Crippen molar-refractivity contribution in [3.05, 3.63) is 155 Å². The van der Waals surface area contributed by atoms with Crippen molar-refractivity contribution in [1.82, 2.24) is 0 Å². The molecule has 0 aliphatic heterocycles. The molecule has 0 bridgehead atoms. The van der Waals surface area contributed by atoms with Gasteiger partial charge >= 0.3 is 0 Å². The number of rotatable bonds is 8. The van der Waals surface area contributed by atoms with E-state index in [-0.39, 0.29) is 29.5 Å². The summed E-state index contributed by atoms with van der Waals surface area (Å²) in [4.78, 5) is 0. The van der Waals surface area contributed by atoms with Gasteiger partial charge in [-0.2, -0.15) is 0 Å². The Bertz CT molecular complexity index is 2700. The molecule has 0 radical (unpaired) electrons. The average molecular weight is 731 g/mol. The molecule has 2 N–H and O–H groups in total. The van der Waals surface area contributed by atoms with Crippen molar-refractivity contribution in [3.63, 3.8) is 0 Å². The first-order valence-corrected chi connectivity index (χ1v) is 20.5. The Morgan fingerprint density at radius 3 is 1.52 bits per heavy atom. The van der Waals surface area contributed by atoms with E-state index in [1.165, 1.54) is 105 Å². The quantitative estimate of drug-likeness (QED) is 0.163. The fraction of sp³-hybridized carbons (Fsp3) is 0.259. The minimum Gasteiger partial charge on any atom is -0.396 e.